The van der Waals surface area contributed by atoms with Gasteiger partial charge in [-0.25, -0.2) is 14.4 Å². The first-order valence-corrected chi connectivity index (χ1v) is 8.60. The SMILES string of the molecule is COCC(=O)N1CCCC1c1nc(N(C)C)ncc1-c1ccccc1F. The van der Waals surface area contributed by atoms with E-state index in [4.69, 9.17) is 4.74 Å². The zero-order valence-corrected chi connectivity index (χ0v) is 15.3. The molecule has 26 heavy (non-hydrogen) atoms. The normalized spacial score (nSPS) is 16.8. The van der Waals surface area contributed by atoms with Gasteiger partial charge in [-0.3, -0.25) is 4.79 Å². The predicted octanol–water partition coefficient (Wildman–Crippen LogP) is 2.66. The second-order valence-corrected chi connectivity index (χ2v) is 6.52. The van der Waals surface area contributed by atoms with Crippen molar-refractivity contribution in [2.45, 2.75) is 18.9 Å². The van der Waals surface area contributed by atoms with E-state index in [2.05, 4.69) is 9.97 Å². The number of halogens is 1. The van der Waals surface area contributed by atoms with Crippen molar-refractivity contribution < 1.29 is 13.9 Å². The summed E-state index contributed by atoms with van der Waals surface area (Å²) in [5.41, 5.74) is 1.74. The quantitative estimate of drug-likeness (QED) is 0.822. The third-order valence-corrected chi connectivity index (χ3v) is 4.53. The molecule has 138 valence electrons. The van der Waals surface area contributed by atoms with Crippen LogP contribution in [0.3, 0.4) is 0 Å². The monoisotopic (exact) mass is 358 g/mol. The Labute approximate surface area is 152 Å². The molecule has 1 aliphatic rings. The highest BCUT2D eigenvalue weighted by Crippen LogP contribution is 2.37. The molecular formula is C19H23FN4O2. The molecule has 1 atom stereocenters. The molecule has 2 aromatic rings. The number of aromatic nitrogens is 2. The molecule has 1 saturated heterocycles. The Morgan fingerprint density at radius 1 is 1.35 bits per heavy atom. The minimum Gasteiger partial charge on any atom is -0.375 e. The molecule has 1 unspecified atom stereocenters. The van der Waals surface area contributed by atoms with E-state index in [1.165, 1.54) is 13.2 Å². The minimum atomic E-state index is -0.331. The topological polar surface area (TPSA) is 58.6 Å². The smallest absolute Gasteiger partial charge is 0.249 e. The van der Waals surface area contributed by atoms with Gasteiger partial charge in [-0.1, -0.05) is 18.2 Å². The van der Waals surface area contributed by atoms with Gasteiger partial charge in [0.05, 0.1) is 11.7 Å². The number of ether oxygens (including phenoxy) is 1. The molecule has 1 aromatic carbocycles. The van der Waals surface area contributed by atoms with Crippen LogP contribution < -0.4 is 4.90 Å². The molecule has 1 aromatic heterocycles. The van der Waals surface area contributed by atoms with Crippen molar-refractivity contribution in [1.29, 1.82) is 0 Å². The van der Waals surface area contributed by atoms with Gasteiger partial charge in [0, 0.05) is 45.1 Å². The van der Waals surface area contributed by atoms with Crippen molar-refractivity contribution in [2.75, 3.05) is 39.3 Å². The lowest BCUT2D eigenvalue weighted by molar-refractivity contribution is -0.136. The first-order chi connectivity index (χ1) is 12.5. The van der Waals surface area contributed by atoms with E-state index in [-0.39, 0.29) is 24.4 Å². The maximum absolute atomic E-state index is 14.4. The predicted molar refractivity (Wildman–Crippen MR) is 97.3 cm³/mol. The number of nitrogens with zero attached hydrogens (tertiary/aromatic N) is 4. The summed E-state index contributed by atoms with van der Waals surface area (Å²) in [4.78, 5) is 25.0. The maximum Gasteiger partial charge on any atom is 0.249 e. The molecule has 0 N–H and O–H groups in total. The summed E-state index contributed by atoms with van der Waals surface area (Å²) in [5.74, 6) is 0.119. The van der Waals surface area contributed by atoms with E-state index >= 15 is 0 Å². The van der Waals surface area contributed by atoms with Crippen LogP contribution in [-0.2, 0) is 9.53 Å². The molecule has 1 fully saturated rings. The van der Waals surface area contributed by atoms with Crippen molar-refractivity contribution in [2.24, 2.45) is 0 Å². The first-order valence-electron chi connectivity index (χ1n) is 8.60. The number of amides is 1. The van der Waals surface area contributed by atoms with Gasteiger partial charge in [-0.15, -0.1) is 0 Å². The fourth-order valence-electron chi connectivity index (χ4n) is 3.30. The number of likely N-dealkylation sites (tertiary alicyclic amines) is 1. The van der Waals surface area contributed by atoms with E-state index in [1.807, 2.05) is 14.1 Å². The van der Waals surface area contributed by atoms with Gasteiger partial charge in [0.15, 0.2) is 0 Å². The zero-order valence-electron chi connectivity index (χ0n) is 15.3. The Balaban J connectivity index is 2.10. The molecule has 0 radical (unpaired) electrons. The number of hydrogen-bond acceptors (Lipinski definition) is 5. The maximum atomic E-state index is 14.4. The summed E-state index contributed by atoms with van der Waals surface area (Å²) in [6, 6.07) is 6.35. The van der Waals surface area contributed by atoms with Crippen LogP contribution in [0.5, 0.6) is 0 Å². The highest BCUT2D eigenvalue weighted by molar-refractivity contribution is 5.79. The van der Waals surface area contributed by atoms with E-state index in [0.717, 1.165) is 12.8 Å². The summed E-state index contributed by atoms with van der Waals surface area (Å²) >= 11 is 0. The third kappa shape index (κ3) is 3.53. The van der Waals surface area contributed by atoms with Gasteiger partial charge in [-0.05, 0) is 18.9 Å². The molecule has 0 spiro atoms. The van der Waals surface area contributed by atoms with Crippen LogP contribution in [-0.4, -0.2) is 55.1 Å². The zero-order chi connectivity index (χ0) is 18.7. The van der Waals surface area contributed by atoms with Crippen LogP contribution in [0.1, 0.15) is 24.6 Å². The fraction of sp³-hybridized carbons (Fsp3) is 0.421. The molecule has 1 amide bonds. The van der Waals surface area contributed by atoms with Crippen molar-refractivity contribution in [3.8, 4) is 11.1 Å². The van der Waals surface area contributed by atoms with Crippen molar-refractivity contribution >= 4 is 11.9 Å². The van der Waals surface area contributed by atoms with Crippen LogP contribution in [0, 0.1) is 5.82 Å². The molecule has 6 nitrogen and oxygen atoms in total. The third-order valence-electron chi connectivity index (χ3n) is 4.53. The molecule has 0 bridgehead atoms. The van der Waals surface area contributed by atoms with E-state index in [0.29, 0.717) is 29.3 Å². The number of anilines is 1. The van der Waals surface area contributed by atoms with E-state index in [1.54, 1.807) is 34.2 Å². The Morgan fingerprint density at radius 3 is 2.81 bits per heavy atom. The van der Waals surface area contributed by atoms with E-state index in [9.17, 15) is 9.18 Å². The van der Waals surface area contributed by atoms with Crippen LogP contribution in [0.2, 0.25) is 0 Å². The number of benzene rings is 1. The van der Waals surface area contributed by atoms with Gasteiger partial charge in [0.2, 0.25) is 11.9 Å². The summed E-state index contributed by atoms with van der Waals surface area (Å²) in [6.45, 7) is 0.669. The lowest BCUT2D eigenvalue weighted by Crippen LogP contribution is -2.34. The second kappa shape index (κ2) is 7.78. The number of carbonyl (C=O) groups is 1. The molecule has 3 rings (SSSR count). The Morgan fingerprint density at radius 2 is 2.12 bits per heavy atom. The second-order valence-electron chi connectivity index (χ2n) is 6.52. The molecule has 0 aliphatic carbocycles. The minimum absolute atomic E-state index is 0.0250. The van der Waals surface area contributed by atoms with Gasteiger partial charge in [0.25, 0.3) is 0 Å². The van der Waals surface area contributed by atoms with Crippen LogP contribution in [0.4, 0.5) is 10.3 Å². The lowest BCUT2D eigenvalue weighted by Gasteiger charge is -2.26. The van der Waals surface area contributed by atoms with E-state index < -0.39 is 0 Å². The van der Waals surface area contributed by atoms with Gasteiger partial charge < -0.3 is 14.5 Å². The van der Waals surface area contributed by atoms with Gasteiger partial charge in [0.1, 0.15) is 12.4 Å². The van der Waals surface area contributed by atoms with Crippen molar-refractivity contribution in [3.63, 3.8) is 0 Å². The summed E-state index contributed by atoms with van der Waals surface area (Å²) in [6.07, 6.45) is 3.30. The average Bonchev–Trinajstić information content (AvgIpc) is 3.11. The van der Waals surface area contributed by atoms with Crippen LogP contribution in [0.15, 0.2) is 30.5 Å². The van der Waals surface area contributed by atoms with Gasteiger partial charge >= 0.3 is 0 Å². The molecule has 0 saturated carbocycles. The van der Waals surface area contributed by atoms with Crippen molar-refractivity contribution in [1.82, 2.24) is 14.9 Å². The fourth-order valence-corrected chi connectivity index (χ4v) is 3.30. The summed E-state index contributed by atoms with van der Waals surface area (Å²) < 4.78 is 19.4. The molecular weight excluding hydrogens is 335 g/mol. The number of hydrogen-bond donors (Lipinski definition) is 0. The largest absolute Gasteiger partial charge is 0.375 e. The number of rotatable bonds is 5. The Kier molecular flexibility index (Phi) is 5.46. The molecule has 7 heteroatoms. The Bertz CT molecular complexity index is 797. The number of carbonyl (C=O) groups excluding carboxylic acids is 1. The van der Waals surface area contributed by atoms with Gasteiger partial charge in [-0.2, -0.15) is 0 Å². The first kappa shape index (κ1) is 18.3. The highest BCUT2D eigenvalue weighted by atomic mass is 19.1. The molecule has 1 aliphatic heterocycles. The summed E-state index contributed by atoms with van der Waals surface area (Å²) in [5, 5.41) is 0. The highest BCUT2D eigenvalue weighted by Gasteiger charge is 2.33. The van der Waals surface area contributed by atoms with Crippen molar-refractivity contribution in [3.05, 3.63) is 42.0 Å². The van der Waals surface area contributed by atoms with Crippen LogP contribution >= 0.6 is 0 Å². The standard InChI is InChI=1S/C19H23FN4O2/c1-23(2)19-21-11-14(13-7-4-5-8-15(13)20)18(22-19)16-9-6-10-24(16)17(25)12-26-3/h4-5,7-8,11,16H,6,9-10,12H2,1-3H3. The number of methoxy groups -OCH3 is 1. The summed E-state index contributed by atoms with van der Waals surface area (Å²) in [7, 11) is 5.21. The average molecular weight is 358 g/mol. The lowest BCUT2D eigenvalue weighted by atomic mass is 9.99. The van der Waals surface area contributed by atoms with Crippen LogP contribution in [0.25, 0.3) is 11.1 Å². The Hall–Kier alpha value is -2.54. The molecule has 2 heterocycles.